The van der Waals surface area contributed by atoms with E-state index in [-0.39, 0.29) is 0 Å². The molecule has 0 unspecified atom stereocenters. The molecule has 0 fully saturated rings. The second-order valence-electron chi connectivity index (χ2n) is 4.83. The third kappa shape index (κ3) is 4.80. The topological polar surface area (TPSA) is 30.5 Å². The van der Waals surface area contributed by atoms with E-state index < -0.39 is 0 Å². The van der Waals surface area contributed by atoms with Crippen LogP contribution in [0.3, 0.4) is 0 Å². The Bertz CT molecular complexity index is 537. The van der Waals surface area contributed by atoms with Crippen molar-refractivity contribution in [2.75, 3.05) is 20.3 Å². The van der Waals surface area contributed by atoms with Gasteiger partial charge in [0.1, 0.15) is 24.7 Å². The number of nitrogens with one attached hydrogen (secondary N) is 1. The molecule has 0 aliphatic heterocycles. The Morgan fingerprint density at radius 1 is 0.905 bits per heavy atom. The summed E-state index contributed by atoms with van der Waals surface area (Å²) in [5.74, 6) is 1.80. The maximum atomic E-state index is 5.79. The monoisotopic (exact) mass is 285 g/mol. The van der Waals surface area contributed by atoms with Gasteiger partial charge in [-0.2, -0.15) is 0 Å². The number of benzene rings is 2. The largest absolute Gasteiger partial charge is 0.490 e. The Hall–Kier alpha value is -2.00. The van der Waals surface area contributed by atoms with Gasteiger partial charge in [0, 0.05) is 12.1 Å². The van der Waals surface area contributed by atoms with Gasteiger partial charge >= 0.3 is 0 Å². The Kier molecular flexibility index (Phi) is 6.10. The van der Waals surface area contributed by atoms with Gasteiger partial charge in [0.2, 0.25) is 0 Å². The molecule has 0 aliphatic rings. The second kappa shape index (κ2) is 8.32. The molecule has 3 nitrogen and oxygen atoms in total. The third-order valence-electron chi connectivity index (χ3n) is 3.28. The van der Waals surface area contributed by atoms with Crippen molar-refractivity contribution in [3.05, 3.63) is 59.7 Å². The molecule has 0 saturated carbocycles. The molecule has 2 rings (SSSR count). The van der Waals surface area contributed by atoms with Crippen molar-refractivity contribution < 1.29 is 9.47 Å². The zero-order valence-electron chi connectivity index (χ0n) is 12.8. The molecule has 0 aromatic heterocycles. The molecule has 0 aliphatic carbocycles. The number of aryl methyl sites for hydroxylation is 1. The minimum atomic E-state index is 0.538. The molecule has 1 N–H and O–H groups in total. The second-order valence-corrected chi connectivity index (χ2v) is 4.83. The van der Waals surface area contributed by atoms with Crippen LogP contribution in [0.1, 0.15) is 18.1 Å². The van der Waals surface area contributed by atoms with Gasteiger partial charge < -0.3 is 14.8 Å². The average Bonchev–Trinajstić information content (AvgIpc) is 2.54. The maximum Gasteiger partial charge on any atom is 0.123 e. The fourth-order valence-electron chi connectivity index (χ4n) is 2.11. The maximum absolute atomic E-state index is 5.79. The van der Waals surface area contributed by atoms with Crippen LogP contribution in [0.25, 0.3) is 0 Å². The van der Waals surface area contributed by atoms with E-state index in [9.17, 15) is 0 Å². The van der Waals surface area contributed by atoms with Gasteiger partial charge in [0.25, 0.3) is 0 Å². The van der Waals surface area contributed by atoms with E-state index in [4.69, 9.17) is 9.47 Å². The van der Waals surface area contributed by atoms with E-state index in [2.05, 4.69) is 30.4 Å². The first-order valence-electron chi connectivity index (χ1n) is 7.40. The lowest BCUT2D eigenvalue weighted by Crippen LogP contribution is -2.12. The van der Waals surface area contributed by atoms with E-state index in [1.54, 1.807) is 0 Å². The molecule has 2 aromatic rings. The van der Waals surface area contributed by atoms with Crippen molar-refractivity contribution in [2.24, 2.45) is 0 Å². The van der Waals surface area contributed by atoms with Crippen LogP contribution in [0, 0.1) is 0 Å². The van der Waals surface area contributed by atoms with Crippen LogP contribution in [0.2, 0.25) is 0 Å². The molecule has 3 heteroatoms. The Labute approximate surface area is 126 Å². The summed E-state index contributed by atoms with van der Waals surface area (Å²) >= 11 is 0. The van der Waals surface area contributed by atoms with Crippen LogP contribution in [0.15, 0.2) is 48.5 Å². The molecule has 0 radical (unpaired) electrons. The molecule has 0 heterocycles. The first-order chi connectivity index (χ1) is 10.3. The van der Waals surface area contributed by atoms with Gasteiger partial charge in [0.15, 0.2) is 0 Å². The lowest BCUT2D eigenvalue weighted by Gasteiger charge is -2.12. The molecule has 0 bridgehead atoms. The Balaban J connectivity index is 1.79. The van der Waals surface area contributed by atoms with Gasteiger partial charge in [-0.1, -0.05) is 37.3 Å². The summed E-state index contributed by atoms with van der Waals surface area (Å²) in [7, 11) is 1.93. The summed E-state index contributed by atoms with van der Waals surface area (Å²) in [6.07, 6.45) is 1.05. The quantitative estimate of drug-likeness (QED) is 0.754. The average molecular weight is 285 g/mol. The fourth-order valence-corrected chi connectivity index (χ4v) is 2.11. The van der Waals surface area contributed by atoms with Crippen molar-refractivity contribution in [3.63, 3.8) is 0 Å². The molecule has 0 spiro atoms. The normalized spacial score (nSPS) is 10.4. The minimum absolute atomic E-state index is 0.538. The SMILES string of the molecule is CCc1ccc(OCCOc2ccccc2CNC)cc1. The summed E-state index contributed by atoms with van der Waals surface area (Å²) in [6, 6.07) is 16.3. The summed E-state index contributed by atoms with van der Waals surface area (Å²) in [6.45, 7) is 4.03. The lowest BCUT2D eigenvalue weighted by molar-refractivity contribution is 0.215. The van der Waals surface area contributed by atoms with Crippen molar-refractivity contribution in [2.45, 2.75) is 19.9 Å². The number of para-hydroxylation sites is 1. The van der Waals surface area contributed by atoms with E-state index in [1.165, 1.54) is 5.56 Å². The summed E-state index contributed by atoms with van der Waals surface area (Å²) in [4.78, 5) is 0. The standard InChI is InChI=1S/C18H23NO2/c1-3-15-8-10-17(11-9-15)20-12-13-21-18-7-5-4-6-16(18)14-19-2/h4-11,19H,3,12-14H2,1-2H3. The highest BCUT2D eigenvalue weighted by Gasteiger charge is 2.02. The summed E-state index contributed by atoms with van der Waals surface area (Å²) in [5.41, 5.74) is 2.48. The number of hydrogen-bond donors (Lipinski definition) is 1. The van der Waals surface area contributed by atoms with Crippen molar-refractivity contribution in [1.29, 1.82) is 0 Å². The van der Waals surface area contributed by atoms with Crippen molar-refractivity contribution >= 4 is 0 Å². The van der Waals surface area contributed by atoms with Crippen LogP contribution < -0.4 is 14.8 Å². The molecule has 2 aromatic carbocycles. The number of hydrogen-bond acceptors (Lipinski definition) is 3. The number of ether oxygens (including phenoxy) is 2. The smallest absolute Gasteiger partial charge is 0.123 e. The molecule has 0 amide bonds. The van der Waals surface area contributed by atoms with E-state index in [0.29, 0.717) is 13.2 Å². The van der Waals surface area contributed by atoms with Crippen molar-refractivity contribution in [1.82, 2.24) is 5.32 Å². The van der Waals surface area contributed by atoms with Gasteiger partial charge in [-0.25, -0.2) is 0 Å². The van der Waals surface area contributed by atoms with Crippen molar-refractivity contribution in [3.8, 4) is 11.5 Å². The first kappa shape index (κ1) is 15.4. The highest BCUT2D eigenvalue weighted by Crippen LogP contribution is 2.18. The van der Waals surface area contributed by atoms with Gasteiger partial charge in [-0.15, -0.1) is 0 Å². The van der Waals surface area contributed by atoms with Gasteiger partial charge in [-0.3, -0.25) is 0 Å². The van der Waals surface area contributed by atoms with Crippen LogP contribution >= 0.6 is 0 Å². The molecule has 0 atom stereocenters. The third-order valence-corrected chi connectivity index (χ3v) is 3.28. The highest BCUT2D eigenvalue weighted by molar-refractivity contribution is 5.33. The molecule has 112 valence electrons. The van der Waals surface area contributed by atoms with Crippen LogP contribution in [-0.2, 0) is 13.0 Å². The van der Waals surface area contributed by atoms with Gasteiger partial charge in [-0.05, 0) is 37.2 Å². The number of rotatable bonds is 8. The predicted octanol–water partition coefficient (Wildman–Crippen LogP) is 3.43. The van der Waals surface area contributed by atoms with Crippen LogP contribution in [-0.4, -0.2) is 20.3 Å². The van der Waals surface area contributed by atoms with Gasteiger partial charge in [0.05, 0.1) is 0 Å². The summed E-state index contributed by atoms with van der Waals surface area (Å²) < 4.78 is 11.5. The highest BCUT2D eigenvalue weighted by atomic mass is 16.5. The predicted molar refractivity (Wildman–Crippen MR) is 86.0 cm³/mol. The molecular weight excluding hydrogens is 262 g/mol. The van der Waals surface area contributed by atoms with E-state index in [1.807, 2.05) is 37.4 Å². The fraction of sp³-hybridized carbons (Fsp3) is 0.333. The zero-order valence-corrected chi connectivity index (χ0v) is 12.8. The summed E-state index contributed by atoms with van der Waals surface area (Å²) in [5, 5.41) is 3.14. The zero-order chi connectivity index (χ0) is 14.9. The van der Waals surface area contributed by atoms with Crippen LogP contribution in [0.4, 0.5) is 0 Å². The minimum Gasteiger partial charge on any atom is -0.490 e. The van der Waals surface area contributed by atoms with Crippen LogP contribution in [0.5, 0.6) is 11.5 Å². The first-order valence-corrected chi connectivity index (χ1v) is 7.40. The lowest BCUT2D eigenvalue weighted by atomic mass is 10.2. The molecular formula is C18H23NO2. The Morgan fingerprint density at radius 3 is 2.33 bits per heavy atom. The Morgan fingerprint density at radius 2 is 1.62 bits per heavy atom. The van der Waals surface area contributed by atoms with E-state index >= 15 is 0 Å². The van der Waals surface area contributed by atoms with E-state index in [0.717, 1.165) is 30.0 Å². The molecule has 21 heavy (non-hydrogen) atoms. The molecule has 0 saturated heterocycles.